The van der Waals surface area contributed by atoms with Crippen LogP contribution in [0.5, 0.6) is 11.5 Å². The molecule has 0 fully saturated rings. The molecule has 0 saturated carbocycles. The van der Waals surface area contributed by atoms with E-state index in [1.807, 2.05) is 0 Å². The van der Waals surface area contributed by atoms with E-state index in [-0.39, 0.29) is 5.91 Å². The number of amides is 1. The molecule has 0 unspecified atom stereocenters. The summed E-state index contributed by atoms with van der Waals surface area (Å²) in [5.74, 6) is -1.04. The van der Waals surface area contributed by atoms with E-state index in [9.17, 15) is 13.6 Å². The van der Waals surface area contributed by atoms with Gasteiger partial charge in [0, 0.05) is 11.8 Å². The van der Waals surface area contributed by atoms with Crippen LogP contribution in [0.1, 0.15) is 22.1 Å². The quantitative estimate of drug-likeness (QED) is 0.695. The Bertz CT molecular complexity index is 1120. The molecule has 146 valence electrons. The van der Waals surface area contributed by atoms with Crippen molar-refractivity contribution in [2.45, 2.75) is 6.17 Å². The maximum Gasteiger partial charge on any atom is 0.262 e. The van der Waals surface area contributed by atoms with E-state index in [0.717, 1.165) is 12.1 Å². The van der Waals surface area contributed by atoms with Crippen LogP contribution in [-0.2, 0) is 0 Å². The van der Waals surface area contributed by atoms with Crippen molar-refractivity contribution >= 4 is 17.3 Å². The highest BCUT2D eigenvalue weighted by atomic mass is 19.2. The fraction of sp³-hybridized carbons (Fsp3) is 0.136. The predicted octanol–water partition coefficient (Wildman–Crippen LogP) is 4.51. The van der Waals surface area contributed by atoms with Crippen LogP contribution < -0.4 is 19.7 Å². The summed E-state index contributed by atoms with van der Waals surface area (Å²) in [7, 11) is 0. The summed E-state index contributed by atoms with van der Waals surface area (Å²) in [6.07, 6.45) is -0.727. The molecule has 7 heteroatoms. The molecule has 2 aliphatic rings. The molecule has 1 atom stereocenters. The zero-order valence-corrected chi connectivity index (χ0v) is 15.2. The van der Waals surface area contributed by atoms with Crippen molar-refractivity contribution in [3.63, 3.8) is 0 Å². The second-order valence-corrected chi connectivity index (χ2v) is 6.77. The van der Waals surface area contributed by atoms with Gasteiger partial charge in [0.05, 0.1) is 11.3 Å². The Morgan fingerprint density at radius 1 is 0.897 bits per heavy atom. The number of benzene rings is 3. The lowest BCUT2D eigenvalue weighted by atomic mass is 10.0. The molecule has 2 aliphatic heterocycles. The molecule has 0 radical (unpaired) electrons. The maximum absolute atomic E-state index is 13.9. The molecule has 5 nitrogen and oxygen atoms in total. The van der Waals surface area contributed by atoms with E-state index < -0.39 is 17.8 Å². The summed E-state index contributed by atoms with van der Waals surface area (Å²) >= 11 is 0. The average molecular weight is 394 g/mol. The van der Waals surface area contributed by atoms with Crippen molar-refractivity contribution in [2.75, 3.05) is 23.4 Å². The van der Waals surface area contributed by atoms with Gasteiger partial charge in [-0.05, 0) is 42.0 Å². The fourth-order valence-electron chi connectivity index (χ4n) is 3.62. The minimum atomic E-state index is -0.974. The molecule has 0 aliphatic carbocycles. The van der Waals surface area contributed by atoms with Gasteiger partial charge < -0.3 is 14.8 Å². The number of rotatable bonds is 2. The third-order valence-corrected chi connectivity index (χ3v) is 4.99. The Balaban J connectivity index is 1.64. The molecule has 0 bridgehead atoms. The number of hydrogen-bond donors (Lipinski definition) is 1. The fourth-order valence-corrected chi connectivity index (χ4v) is 3.62. The second kappa shape index (κ2) is 6.77. The largest absolute Gasteiger partial charge is 0.486 e. The van der Waals surface area contributed by atoms with E-state index in [1.54, 1.807) is 42.5 Å². The number of carbonyl (C=O) groups is 1. The Labute approximate surface area is 165 Å². The predicted molar refractivity (Wildman–Crippen MR) is 103 cm³/mol. The molecule has 0 saturated heterocycles. The topological polar surface area (TPSA) is 50.8 Å². The number of nitrogens with one attached hydrogen (secondary N) is 1. The standard InChI is InChI=1S/C22H16F2N2O3/c23-16-7-5-13(11-17(16)24)21-25-18-4-2-1-3-15(18)22(27)26(21)14-6-8-19-20(12-14)29-10-9-28-19/h1-8,11-12,21,25H,9-10H2/t21-/m1/s1. The molecule has 1 amide bonds. The monoisotopic (exact) mass is 394 g/mol. The van der Waals surface area contributed by atoms with Gasteiger partial charge in [-0.2, -0.15) is 0 Å². The number of para-hydroxylation sites is 1. The Morgan fingerprint density at radius 3 is 2.52 bits per heavy atom. The highest BCUT2D eigenvalue weighted by molar-refractivity contribution is 6.12. The first kappa shape index (κ1) is 17.5. The van der Waals surface area contributed by atoms with Crippen LogP contribution in [0.15, 0.2) is 60.7 Å². The van der Waals surface area contributed by atoms with Crippen LogP contribution >= 0.6 is 0 Å². The SMILES string of the molecule is O=C1c2ccccc2N[C@@H](c2ccc(F)c(F)c2)N1c1ccc2c(c1)OCCO2. The molecule has 2 heterocycles. The highest BCUT2D eigenvalue weighted by Gasteiger charge is 2.35. The van der Waals surface area contributed by atoms with Gasteiger partial charge in [0.1, 0.15) is 19.4 Å². The summed E-state index contributed by atoms with van der Waals surface area (Å²) < 4.78 is 38.6. The molecule has 3 aromatic carbocycles. The summed E-state index contributed by atoms with van der Waals surface area (Å²) in [6.45, 7) is 0.874. The first-order chi connectivity index (χ1) is 14.1. The second-order valence-electron chi connectivity index (χ2n) is 6.77. The average Bonchev–Trinajstić information content (AvgIpc) is 2.75. The summed E-state index contributed by atoms with van der Waals surface area (Å²) in [5, 5.41) is 3.26. The molecule has 0 spiro atoms. The molecule has 3 aromatic rings. The van der Waals surface area contributed by atoms with Gasteiger partial charge >= 0.3 is 0 Å². The van der Waals surface area contributed by atoms with Crippen molar-refractivity contribution in [1.29, 1.82) is 0 Å². The van der Waals surface area contributed by atoms with E-state index >= 15 is 0 Å². The van der Waals surface area contributed by atoms with E-state index in [4.69, 9.17) is 9.47 Å². The smallest absolute Gasteiger partial charge is 0.262 e. The van der Waals surface area contributed by atoms with Crippen LogP contribution in [0.3, 0.4) is 0 Å². The third-order valence-electron chi connectivity index (χ3n) is 4.99. The van der Waals surface area contributed by atoms with Crippen LogP contribution in [0.4, 0.5) is 20.2 Å². The van der Waals surface area contributed by atoms with E-state index in [2.05, 4.69) is 5.32 Å². The minimum absolute atomic E-state index is 0.259. The molecular formula is C22H16F2N2O3. The van der Waals surface area contributed by atoms with Crippen molar-refractivity contribution in [2.24, 2.45) is 0 Å². The van der Waals surface area contributed by atoms with Gasteiger partial charge in [0.2, 0.25) is 0 Å². The zero-order valence-electron chi connectivity index (χ0n) is 15.2. The summed E-state index contributed by atoms with van der Waals surface area (Å²) in [5.41, 5.74) is 2.08. The Hall–Kier alpha value is -3.61. The van der Waals surface area contributed by atoms with Crippen LogP contribution in [0.25, 0.3) is 0 Å². The number of fused-ring (bicyclic) bond motifs is 2. The number of carbonyl (C=O) groups excluding carboxylic acids is 1. The van der Waals surface area contributed by atoms with Crippen LogP contribution in [0, 0.1) is 11.6 Å². The lowest BCUT2D eigenvalue weighted by Crippen LogP contribution is -2.43. The van der Waals surface area contributed by atoms with Gasteiger partial charge in [0.15, 0.2) is 23.1 Å². The minimum Gasteiger partial charge on any atom is -0.486 e. The molecular weight excluding hydrogens is 378 g/mol. The van der Waals surface area contributed by atoms with Gasteiger partial charge in [-0.1, -0.05) is 18.2 Å². The third kappa shape index (κ3) is 2.95. The normalized spacial score (nSPS) is 17.5. The molecule has 1 N–H and O–H groups in total. The first-order valence-electron chi connectivity index (χ1n) is 9.15. The number of nitrogens with zero attached hydrogens (tertiary/aromatic N) is 1. The van der Waals surface area contributed by atoms with Crippen molar-refractivity contribution in [1.82, 2.24) is 0 Å². The first-order valence-corrected chi connectivity index (χ1v) is 9.15. The van der Waals surface area contributed by atoms with Gasteiger partial charge in [-0.15, -0.1) is 0 Å². The molecule has 29 heavy (non-hydrogen) atoms. The Morgan fingerprint density at radius 2 is 1.69 bits per heavy atom. The number of ether oxygens (including phenoxy) is 2. The van der Waals surface area contributed by atoms with Gasteiger partial charge in [-0.25, -0.2) is 8.78 Å². The summed E-state index contributed by atoms with van der Waals surface area (Å²) in [6, 6.07) is 15.9. The number of hydrogen-bond acceptors (Lipinski definition) is 4. The van der Waals surface area contributed by atoms with Crippen molar-refractivity contribution < 1.29 is 23.0 Å². The zero-order chi connectivity index (χ0) is 20.0. The number of halogens is 2. The molecule has 5 rings (SSSR count). The van der Waals surface area contributed by atoms with Crippen LogP contribution in [-0.4, -0.2) is 19.1 Å². The van der Waals surface area contributed by atoms with E-state index in [1.165, 1.54) is 11.0 Å². The van der Waals surface area contributed by atoms with Gasteiger partial charge in [-0.3, -0.25) is 9.69 Å². The Kier molecular flexibility index (Phi) is 4.08. The highest BCUT2D eigenvalue weighted by Crippen LogP contribution is 2.40. The summed E-state index contributed by atoms with van der Waals surface area (Å²) in [4.78, 5) is 14.9. The maximum atomic E-state index is 13.9. The lowest BCUT2D eigenvalue weighted by molar-refractivity contribution is 0.0974. The number of anilines is 2. The lowest BCUT2D eigenvalue weighted by Gasteiger charge is -2.38. The van der Waals surface area contributed by atoms with Gasteiger partial charge in [0.25, 0.3) is 5.91 Å². The van der Waals surface area contributed by atoms with Crippen LogP contribution in [0.2, 0.25) is 0 Å². The van der Waals surface area contributed by atoms with E-state index in [0.29, 0.717) is 47.2 Å². The van der Waals surface area contributed by atoms with Crippen molar-refractivity contribution in [3.8, 4) is 11.5 Å². The van der Waals surface area contributed by atoms with Crippen molar-refractivity contribution in [3.05, 3.63) is 83.4 Å². The molecule has 0 aromatic heterocycles.